The molecule has 6 heteroatoms. The SMILES string of the molecule is CCNC(=NCCNC(=O)OC(C)(C)C)N1CCC(C)CC1. The molecule has 1 aliphatic heterocycles. The van der Waals surface area contributed by atoms with E-state index in [1.54, 1.807) is 0 Å². The van der Waals surface area contributed by atoms with Gasteiger partial charge in [-0.05, 0) is 46.5 Å². The van der Waals surface area contributed by atoms with Crippen LogP contribution < -0.4 is 10.6 Å². The molecule has 0 saturated carbocycles. The van der Waals surface area contributed by atoms with Crippen molar-refractivity contribution in [2.24, 2.45) is 10.9 Å². The number of aliphatic imine (C=N–C) groups is 1. The average Bonchev–Trinajstić information content (AvgIpc) is 2.41. The Morgan fingerprint density at radius 2 is 1.91 bits per heavy atom. The Labute approximate surface area is 134 Å². The molecule has 0 unspecified atom stereocenters. The highest BCUT2D eigenvalue weighted by Crippen LogP contribution is 2.15. The number of amides is 1. The number of hydrogen-bond acceptors (Lipinski definition) is 3. The summed E-state index contributed by atoms with van der Waals surface area (Å²) in [6.45, 7) is 13.9. The van der Waals surface area contributed by atoms with Crippen LogP contribution in [0.2, 0.25) is 0 Å². The van der Waals surface area contributed by atoms with Crippen LogP contribution in [-0.4, -0.2) is 55.3 Å². The maximum atomic E-state index is 11.6. The van der Waals surface area contributed by atoms with Gasteiger partial charge in [0.2, 0.25) is 0 Å². The molecule has 0 atom stereocenters. The highest BCUT2D eigenvalue weighted by Gasteiger charge is 2.18. The Balaban J connectivity index is 2.38. The summed E-state index contributed by atoms with van der Waals surface area (Å²) in [4.78, 5) is 18.5. The topological polar surface area (TPSA) is 66.0 Å². The van der Waals surface area contributed by atoms with Gasteiger partial charge in [0.15, 0.2) is 5.96 Å². The molecule has 128 valence electrons. The van der Waals surface area contributed by atoms with E-state index in [2.05, 4.69) is 34.4 Å². The number of likely N-dealkylation sites (tertiary alicyclic amines) is 1. The first-order valence-electron chi connectivity index (χ1n) is 8.32. The van der Waals surface area contributed by atoms with Crippen molar-refractivity contribution in [2.45, 2.75) is 53.1 Å². The molecule has 0 radical (unpaired) electrons. The maximum Gasteiger partial charge on any atom is 0.407 e. The summed E-state index contributed by atoms with van der Waals surface area (Å²) in [5, 5.41) is 6.06. The van der Waals surface area contributed by atoms with Crippen molar-refractivity contribution in [3.63, 3.8) is 0 Å². The van der Waals surface area contributed by atoms with E-state index in [0.29, 0.717) is 13.1 Å². The van der Waals surface area contributed by atoms with E-state index in [1.165, 1.54) is 12.8 Å². The summed E-state index contributed by atoms with van der Waals surface area (Å²) in [5.41, 5.74) is -0.466. The zero-order valence-electron chi connectivity index (χ0n) is 14.7. The Kier molecular flexibility index (Phi) is 7.48. The van der Waals surface area contributed by atoms with Gasteiger partial charge in [0.05, 0.1) is 6.54 Å². The Hall–Kier alpha value is -1.46. The predicted octanol–water partition coefficient (Wildman–Crippen LogP) is 2.21. The molecule has 0 spiro atoms. The van der Waals surface area contributed by atoms with E-state index in [1.807, 2.05) is 20.8 Å². The third kappa shape index (κ3) is 7.52. The number of nitrogens with zero attached hydrogens (tertiary/aromatic N) is 2. The van der Waals surface area contributed by atoms with Crippen LogP contribution in [0.15, 0.2) is 4.99 Å². The van der Waals surface area contributed by atoms with Gasteiger partial charge in [-0.3, -0.25) is 4.99 Å². The molecule has 1 saturated heterocycles. The van der Waals surface area contributed by atoms with Gasteiger partial charge in [-0.15, -0.1) is 0 Å². The molecular weight excluding hydrogens is 280 g/mol. The molecule has 1 fully saturated rings. The summed E-state index contributed by atoms with van der Waals surface area (Å²) in [7, 11) is 0. The van der Waals surface area contributed by atoms with Crippen LogP contribution >= 0.6 is 0 Å². The quantitative estimate of drug-likeness (QED) is 0.474. The fourth-order valence-electron chi connectivity index (χ4n) is 2.28. The molecule has 0 aromatic carbocycles. The van der Waals surface area contributed by atoms with Crippen LogP contribution in [0, 0.1) is 5.92 Å². The van der Waals surface area contributed by atoms with Crippen molar-refractivity contribution in [2.75, 3.05) is 32.7 Å². The second-order valence-electron chi connectivity index (χ2n) is 6.83. The number of carbonyl (C=O) groups excluding carboxylic acids is 1. The van der Waals surface area contributed by atoms with Crippen molar-refractivity contribution in [1.29, 1.82) is 0 Å². The minimum absolute atomic E-state index is 0.389. The maximum absolute atomic E-state index is 11.6. The van der Waals surface area contributed by atoms with Gasteiger partial charge in [-0.1, -0.05) is 6.92 Å². The molecule has 1 rings (SSSR count). The van der Waals surface area contributed by atoms with Crippen molar-refractivity contribution in [3.05, 3.63) is 0 Å². The molecule has 0 aliphatic carbocycles. The zero-order chi connectivity index (χ0) is 16.6. The number of ether oxygens (including phenoxy) is 1. The fraction of sp³-hybridized carbons (Fsp3) is 0.875. The Bertz CT molecular complexity index is 369. The molecule has 0 bridgehead atoms. The van der Waals surface area contributed by atoms with Gasteiger partial charge in [-0.25, -0.2) is 4.79 Å². The van der Waals surface area contributed by atoms with Crippen LogP contribution in [0.4, 0.5) is 4.79 Å². The zero-order valence-corrected chi connectivity index (χ0v) is 14.7. The van der Waals surface area contributed by atoms with E-state index in [0.717, 1.165) is 31.5 Å². The molecule has 1 heterocycles. The summed E-state index contributed by atoms with van der Waals surface area (Å²) >= 11 is 0. The van der Waals surface area contributed by atoms with E-state index < -0.39 is 5.60 Å². The van der Waals surface area contributed by atoms with Crippen LogP contribution in [0.25, 0.3) is 0 Å². The Morgan fingerprint density at radius 3 is 2.45 bits per heavy atom. The molecule has 1 amide bonds. The molecule has 0 aromatic rings. The van der Waals surface area contributed by atoms with Gasteiger partial charge in [0, 0.05) is 26.2 Å². The van der Waals surface area contributed by atoms with E-state index >= 15 is 0 Å². The van der Waals surface area contributed by atoms with Gasteiger partial charge in [0.1, 0.15) is 5.60 Å². The normalized spacial score (nSPS) is 17.3. The number of hydrogen-bond donors (Lipinski definition) is 2. The van der Waals surface area contributed by atoms with E-state index in [9.17, 15) is 4.79 Å². The first-order chi connectivity index (χ1) is 10.3. The highest BCUT2D eigenvalue weighted by atomic mass is 16.6. The van der Waals surface area contributed by atoms with Gasteiger partial charge in [0.25, 0.3) is 0 Å². The molecule has 6 nitrogen and oxygen atoms in total. The third-order valence-corrected chi connectivity index (χ3v) is 3.46. The monoisotopic (exact) mass is 312 g/mol. The van der Waals surface area contributed by atoms with E-state index in [-0.39, 0.29) is 6.09 Å². The van der Waals surface area contributed by atoms with Crippen LogP contribution in [-0.2, 0) is 4.74 Å². The summed E-state index contributed by atoms with van der Waals surface area (Å²) in [6, 6.07) is 0. The molecule has 1 aliphatic rings. The highest BCUT2D eigenvalue weighted by molar-refractivity contribution is 5.80. The lowest BCUT2D eigenvalue weighted by atomic mass is 10.00. The first kappa shape index (κ1) is 18.6. The predicted molar refractivity (Wildman–Crippen MR) is 90.2 cm³/mol. The average molecular weight is 312 g/mol. The largest absolute Gasteiger partial charge is 0.444 e. The fourth-order valence-corrected chi connectivity index (χ4v) is 2.28. The summed E-state index contributed by atoms with van der Waals surface area (Å²) in [6.07, 6.45) is 2.03. The minimum Gasteiger partial charge on any atom is -0.444 e. The third-order valence-electron chi connectivity index (χ3n) is 3.46. The number of piperidine rings is 1. The standard InChI is InChI=1S/C16H32N4O2/c1-6-17-14(20-11-7-13(2)8-12-20)18-9-10-19-15(21)22-16(3,4)5/h13H,6-12H2,1-5H3,(H,17,18)(H,19,21). The Morgan fingerprint density at radius 1 is 1.27 bits per heavy atom. The number of alkyl carbamates (subject to hydrolysis) is 1. The van der Waals surface area contributed by atoms with Gasteiger partial charge in [-0.2, -0.15) is 0 Å². The smallest absolute Gasteiger partial charge is 0.407 e. The van der Waals surface area contributed by atoms with Crippen molar-refractivity contribution >= 4 is 12.1 Å². The first-order valence-corrected chi connectivity index (χ1v) is 8.32. The minimum atomic E-state index is -0.466. The van der Waals surface area contributed by atoms with Crippen LogP contribution in [0.5, 0.6) is 0 Å². The second-order valence-corrected chi connectivity index (χ2v) is 6.83. The summed E-state index contributed by atoms with van der Waals surface area (Å²) in [5.74, 6) is 1.74. The summed E-state index contributed by atoms with van der Waals surface area (Å²) < 4.78 is 5.20. The number of carbonyl (C=O) groups is 1. The van der Waals surface area contributed by atoms with Crippen molar-refractivity contribution in [1.82, 2.24) is 15.5 Å². The van der Waals surface area contributed by atoms with Gasteiger partial charge < -0.3 is 20.3 Å². The number of rotatable bonds is 4. The molecular formula is C16H32N4O2. The van der Waals surface area contributed by atoms with Crippen molar-refractivity contribution in [3.8, 4) is 0 Å². The molecule has 0 aromatic heterocycles. The lowest BCUT2D eigenvalue weighted by molar-refractivity contribution is 0.0529. The van der Waals surface area contributed by atoms with Gasteiger partial charge >= 0.3 is 6.09 Å². The van der Waals surface area contributed by atoms with E-state index in [4.69, 9.17) is 4.74 Å². The second kappa shape index (κ2) is 8.86. The number of guanidine groups is 1. The number of nitrogens with one attached hydrogen (secondary N) is 2. The van der Waals surface area contributed by atoms with Crippen LogP contribution in [0.1, 0.15) is 47.5 Å². The lowest BCUT2D eigenvalue weighted by Crippen LogP contribution is -2.45. The molecule has 22 heavy (non-hydrogen) atoms. The lowest BCUT2D eigenvalue weighted by Gasteiger charge is -2.33. The molecule has 2 N–H and O–H groups in total. The van der Waals surface area contributed by atoms with Crippen molar-refractivity contribution < 1.29 is 9.53 Å². The van der Waals surface area contributed by atoms with Crippen LogP contribution in [0.3, 0.4) is 0 Å².